The monoisotopic (exact) mass is 218 g/mol. The zero-order valence-corrected chi connectivity index (χ0v) is 8.13. The Morgan fingerprint density at radius 3 is 2.69 bits per heavy atom. The van der Waals surface area contributed by atoms with Crippen molar-refractivity contribution in [3.8, 4) is 11.1 Å². The van der Waals surface area contributed by atoms with Crippen LogP contribution in [-0.4, -0.2) is 9.91 Å². The van der Waals surface area contributed by atoms with Crippen LogP contribution < -0.4 is 0 Å². The lowest BCUT2D eigenvalue weighted by molar-refractivity contribution is -0.387. The van der Waals surface area contributed by atoms with Gasteiger partial charge in [0.15, 0.2) is 0 Å². The minimum absolute atomic E-state index is 0.527. The topological polar surface area (TPSA) is 56.0 Å². The molecule has 0 aliphatic rings. The van der Waals surface area contributed by atoms with Crippen molar-refractivity contribution < 1.29 is 9.31 Å². The number of rotatable bonds is 2. The van der Waals surface area contributed by atoms with Gasteiger partial charge in [-0.2, -0.15) is 4.39 Å². The van der Waals surface area contributed by atoms with Gasteiger partial charge in [0.1, 0.15) is 0 Å². The molecule has 0 aliphatic heterocycles. The smallest absolute Gasteiger partial charge is 0.264 e. The number of aromatic nitrogens is 1. The molecule has 2 rings (SSSR count). The summed E-state index contributed by atoms with van der Waals surface area (Å²) < 4.78 is 13.1. The van der Waals surface area contributed by atoms with Crippen molar-refractivity contribution in [1.29, 1.82) is 0 Å². The van der Waals surface area contributed by atoms with Crippen LogP contribution in [0.25, 0.3) is 11.1 Å². The summed E-state index contributed by atoms with van der Waals surface area (Å²) in [7, 11) is 0. The van der Waals surface area contributed by atoms with Gasteiger partial charge in [0.2, 0.25) is 5.82 Å². The third-order valence-corrected chi connectivity index (χ3v) is 2.14. The number of nitro groups is 1. The molecule has 0 saturated heterocycles. The number of hydrogen-bond donors (Lipinski definition) is 0. The summed E-state index contributed by atoms with van der Waals surface area (Å²) in [6.07, 6.45) is 3.17. The van der Waals surface area contributed by atoms with Crippen LogP contribution in [0.5, 0.6) is 0 Å². The number of benzene rings is 1. The van der Waals surface area contributed by atoms with Gasteiger partial charge in [0.25, 0.3) is 0 Å². The Bertz CT molecular complexity index is 529. The largest absolute Gasteiger partial charge is 0.305 e. The summed E-state index contributed by atoms with van der Waals surface area (Å²) in [5.74, 6) is -0.836. The van der Waals surface area contributed by atoms with Gasteiger partial charge in [-0.1, -0.05) is 12.1 Å². The maximum absolute atomic E-state index is 13.1. The van der Waals surface area contributed by atoms with Crippen LogP contribution in [0.2, 0.25) is 0 Å². The number of hydrogen-bond acceptors (Lipinski definition) is 3. The number of nitro benzene ring substituents is 1. The average Bonchev–Trinajstić information content (AvgIpc) is 2.30. The van der Waals surface area contributed by atoms with E-state index in [9.17, 15) is 14.5 Å². The first-order valence-corrected chi connectivity index (χ1v) is 4.53. The summed E-state index contributed by atoms with van der Waals surface area (Å²) in [6.45, 7) is 0. The molecule has 0 unspecified atom stereocenters. The highest BCUT2D eigenvalue weighted by Crippen LogP contribution is 2.25. The van der Waals surface area contributed by atoms with E-state index in [1.165, 1.54) is 12.1 Å². The summed E-state index contributed by atoms with van der Waals surface area (Å²) >= 11 is 0. The van der Waals surface area contributed by atoms with E-state index >= 15 is 0 Å². The fraction of sp³-hybridized carbons (Fsp3) is 0. The molecule has 0 aliphatic carbocycles. The molecule has 0 bridgehead atoms. The van der Waals surface area contributed by atoms with Gasteiger partial charge in [0, 0.05) is 24.0 Å². The molecular weight excluding hydrogens is 211 g/mol. The van der Waals surface area contributed by atoms with Crippen LogP contribution in [0, 0.1) is 15.9 Å². The van der Waals surface area contributed by atoms with Gasteiger partial charge in [0.05, 0.1) is 4.92 Å². The molecule has 0 amide bonds. The molecule has 0 atom stereocenters. The van der Waals surface area contributed by atoms with Gasteiger partial charge in [-0.3, -0.25) is 15.1 Å². The zero-order chi connectivity index (χ0) is 11.5. The highest BCUT2D eigenvalue weighted by atomic mass is 19.1. The highest BCUT2D eigenvalue weighted by molar-refractivity contribution is 5.65. The lowest BCUT2D eigenvalue weighted by Gasteiger charge is -2.00. The minimum Gasteiger partial charge on any atom is -0.264 e. The van der Waals surface area contributed by atoms with Gasteiger partial charge >= 0.3 is 5.69 Å². The average molecular weight is 218 g/mol. The lowest BCUT2D eigenvalue weighted by atomic mass is 10.1. The van der Waals surface area contributed by atoms with Crippen molar-refractivity contribution in [3.63, 3.8) is 0 Å². The standard InChI is InChI=1S/C11H7FN2O2/c12-10-4-3-8(6-11(10)14(15)16)9-2-1-5-13-7-9/h1-7H. The van der Waals surface area contributed by atoms with Crippen LogP contribution in [0.4, 0.5) is 10.1 Å². The Morgan fingerprint density at radius 2 is 2.06 bits per heavy atom. The first-order valence-electron chi connectivity index (χ1n) is 4.53. The fourth-order valence-electron chi connectivity index (χ4n) is 1.37. The fourth-order valence-corrected chi connectivity index (χ4v) is 1.37. The van der Waals surface area contributed by atoms with Crippen LogP contribution in [0.3, 0.4) is 0 Å². The summed E-state index contributed by atoms with van der Waals surface area (Å²) in [4.78, 5) is 13.7. The van der Waals surface area contributed by atoms with Gasteiger partial charge in [-0.25, -0.2) is 0 Å². The van der Waals surface area contributed by atoms with Gasteiger partial charge in [-0.05, 0) is 17.7 Å². The van der Waals surface area contributed by atoms with Crippen LogP contribution in [-0.2, 0) is 0 Å². The maximum atomic E-state index is 13.1. The second-order valence-corrected chi connectivity index (χ2v) is 3.17. The third-order valence-electron chi connectivity index (χ3n) is 2.14. The second kappa shape index (κ2) is 4.06. The minimum atomic E-state index is -0.836. The van der Waals surface area contributed by atoms with Crippen molar-refractivity contribution in [2.75, 3.05) is 0 Å². The van der Waals surface area contributed by atoms with Crippen molar-refractivity contribution in [3.05, 3.63) is 58.7 Å². The number of halogens is 1. The van der Waals surface area contributed by atoms with Gasteiger partial charge in [-0.15, -0.1) is 0 Å². The molecule has 2 aromatic rings. The van der Waals surface area contributed by atoms with Crippen molar-refractivity contribution in [1.82, 2.24) is 4.98 Å². The van der Waals surface area contributed by atoms with Crippen molar-refractivity contribution in [2.45, 2.75) is 0 Å². The van der Waals surface area contributed by atoms with E-state index in [1.807, 2.05) is 0 Å². The Morgan fingerprint density at radius 1 is 1.25 bits per heavy atom. The number of nitrogens with zero attached hydrogens (tertiary/aromatic N) is 2. The lowest BCUT2D eigenvalue weighted by Crippen LogP contribution is -1.92. The van der Waals surface area contributed by atoms with E-state index in [-0.39, 0.29) is 0 Å². The van der Waals surface area contributed by atoms with E-state index in [2.05, 4.69) is 4.98 Å². The summed E-state index contributed by atoms with van der Waals surface area (Å²) in [6, 6.07) is 7.24. The first-order chi connectivity index (χ1) is 7.68. The predicted octanol–water partition coefficient (Wildman–Crippen LogP) is 2.80. The molecule has 0 N–H and O–H groups in total. The molecule has 0 fully saturated rings. The van der Waals surface area contributed by atoms with E-state index < -0.39 is 16.4 Å². The quantitative estimate of drug-likeness (QED) is 0.575. The van der Waals surface area contributed by atoms with Crippen LogP contribution >= 0.6 is 0 Å². The third kappa shape index (κ3) is 1.88. The molecule has 5 heteroatoms. The molecule has 0 spiro atoms. The van der Waals surface area contributed by atoms with Gasteiger partial charge < -0.3 is 0 Å². The number of pyridine rings is 1. The van der Waals surface area contributed by atoms with E-state index in [0.717, 1.165) is 6.07 Å². The van der Waals surface area contributed by atoms with Crippen LogP contribution in [0.15, 0.2) is 42.7 Å². The molecule has 4 nitrogen and oxygen atoms in total. The molecular formula is C11H7FN2O2. The Labute approximate surface area is 90.5 Å². The molecule has 1 aromatic heterocycles. The summed E-state index contributed by atoms with van der Waals surface area (Å²) in [5, 5.41) is 10.6. The zero-order valence-electron chi connectivity index (χ0n) is 8.13. The predicted molar refractivity (Wildman–Crippen MR) is 56.3 cm³/mol. The molecule has 80 valence electrons. The normalized spacial score (nSPS) is 10.1. The second-order valence-electron chi connectivity index (χ2n) is 3.17. The Kier molecular flexibility index (Phi) is 2.59. The van der Waals surface area contributed by atoms with E-state index in [4.69, 9.17) is 0 Å². The first kappa shape index (κ1) is 10.2. The maximum Gasteiger partial charge on any atom is 0.305 e. The molecule has 0 saturated carbocycles. The van der Waals surface area contributed by atoms with Crippen molar-refractivity contribution in [2.24, 2.45) is 0 Å². The highest BCUT2D eigenvalue weighted by Gasteiger charge is 2.14. The Hall–Kier alpha value is -2.30. The summed E-state index contributed by atoms with van der Waals surface area (Å²) in [5.41, 5.74) is 0.758. The molecule has 1 heterocycles. The molecule has 16 heavy (non-hydrogen) atoms. The SMILES string of the molecule is O=[N+]([O-])c1cc(-c2cccnc2)ccc1F. The van der Waals surface area contributed by atoms with Crippen molar-refractivity contribution >= 4 is 5.69 Å². The van der Waals surface area contributed by atoms with E-state index in [0.29, 0.717) is 11.1 Å². The Balaban J connectivity index is 2.52. The molecule has 1 aromatic carbocycles. The van der Waals surface area contributed by atoms with E-state index in [1.54, 1.807) is 24.5 Å². The molecule has 0 radical (unpaired) electrons. The van der Waals surface area contributed by atoms with Crippen LogP contribution in [0.1, 0.15) is 0 Å².